The van der Waals surface area contributed by atoms with Gasteiger partial charge in [0.15, 0.2) is 0 Å². The Bertz CT molecular complexity index is 1170. The highest BCUT2D eigenvalue weighted by Crippen LogP contribution is 2.33. The number of carbonyl (C=O) groups excluding carboxylic acids is 2. The van der Waals surface area contributed by atoms with Gasteiger partial charge in [-0.3, -0.25) is 9.69 Å². The molecule has 0 spiro atoms. The van der Waals surface area contributed by atoms with Crippen LogP contribution in [0.3, 0.4) is 0 Å². The van der Waals surface area contributed by atoms with Crippen LogP contribution in [0.15, 0.2) is 36.4 Å². The number of cyclic esters (lactones) is 1. The van der Waals surface area contributed by atoms with Crippen LogP contribution in [0.2, 0.25) is 0 Å². The van der Waals surface area contributed by atoms with E-state index in [0.717, 1.165) is 16.8 Å². The normalized spacial score (nSPS) is 19.6. The maximum absolute atomic E-state index is 14.6. The first kappa shape index (κ1) is 22.3. The number of pyridine rings is 1. The Kier molecular flexibility index (Phi) is 5.95. The molecule has 3 aliphatic heterocycles. The van der Waals surface area contributed by atoms with E-state index in [1.54, 1.807) is 24.1 Å². The topological polar surface area (TPSA) is 84.0 Å². The molecule has 4 heterocycles. The fourth-order valence-corrected chi connectivity index (χ4v) is 4.70. The highest BCUT2D eigenvalue weighted by Gasteiger charge is 2.33. The number of amides is 2. The van der Waals surface area contributed by atoms with Crippen molar-refractivity contribution < 1.29 is 23.5 Å². The summed E-state index contributed by atoms with van der Waals surface area (Å²) in [6.45, 7) is 5.71. The Labute approximate surface area is 197 Å². The fourth-order valence-electron chi connectivity index (χ4n) is 4.70. The molecule has 0 unspecified atom stereocenters. The molecule has 178 valence electrons. The lowest BCUT2D eigenvalue weighted by atomic mass is 9.95. The molecule has 5 rings (SSSR count). The molecule has 0 radical (unpaired) electrons. The first-order chi connectivity index (χ1) is 16.4. The van der Waals surface area contributed by atoms with E-state index < -0.39 is 6.09 Å². The van der Waals surface area contributed by atoms with E-state index >= 15 is 0 Å². The van der Waals surface area contributed by atoms with E-state index in [-0.39, 0.29) is 17.8 Å². The number of carbonyl (C=O) groups is 2. The second-order valence-electron chi connectivity index (χ2n) is 8.89. The quantitative estimate of drug-likeness (QED) is 0.521. The maximum Gasteiger partial charge on any atom is 0.415 e. The van der Waals surface area contributed by atoms with Crippen LogP contribution in [-0.2, 0) is 28.8 Å². The molecule has 2 aromatic rings. The molecule has 34 heavy (non-hydrogen) atoms. The summed E-state index contributed by atoms with van der Waals surface area (Å²) in [4.78, 5) is 32.2. The number of ether oxygens (including phenoxy) is 2. The molecule has 1 saturated heterocycles. The third kappa shape index (κ3) is 4.23. The summed E-state index contributed by atoms with van der Waals surface area (Å²) in [5.41, 5.74) is 3.91. The van der Waals surface area contributed by atoms with Crippen molar-refractivity contribution in [3.63, 3.8) is 0 Å². The number of nitrogens with one attached hydrogen (secondary N) is 1. The van der Waals surface area contributed by atoms with Gasteiger partial charge in [0.05, 0.1) is 17.9 Å². The van der Waals surface area contributed by atoms with Gasteiger partial charge >= 0.3 is 6.09 Å². The van der Waals surface area contributed by atoms with Gasteiger partial charge in [-0.15, -0.1) is 0 Å². The lowest BCUT2D eigenvalue weighted by molar-refractivity contribution is -0.118. The van der Waals surface area contributed by atoms with Crippen LogP contribution >= 0.6 is 0 Å². The van der Waals surface area contributed by atoms with E-state index in [1.165, 1.54) is 11.0 Å². The summed E-state index contributed by atoms with van der Waals surface area (Å²) in [5, 5.41) is 3.26. The fraction of sp³-hybridized carbons (Fsp3) is 0.400. The SMILES string of the molecule is C=C1COc2ccc(N3C[C@@H](CNCCc4c(F)ccc5c4N(C)C(=O)CC5)OC3=O)nc2C1. The minimum atomic E-state index is -0.446. The molecular formula is C25H27FN4O4. The third-order valence-corrected chi connectivity index (χ3v) is 6.47. The van der Waals surface area contributed by atoms with Crippen molar-refractivity contribution in [3.8, 4) is 5.75 Å². The lowest BCUT2D eigenvalue weighted by Gasteiger charge is -2.28. The maximum atomic E-state index is 14.6. The van der Waals surface area contributed by atoms with Crippen LogP contribution in [0.25, 0.3) is 0 Å². The van der Waals surface area contributed by atoms with Crippen molar-refractivity contribution in [2.24, 2.45) is 0 Å². The van der Waals surface area contributed by atoms with Crippen molar-refractivity contribution in [3.05, 3.63) is 59.1 Å². The van der Waals surface area contributed by atoms with Gasteiger partial charge in [0.1, 0.15) is 30.1 Å². The second kappa shape index (κ2) is 9.06. The number of fused-ring (bicyclic) bond motifs is 2. The average Bonchev–Trinajstić information content (AvgIpc) is 3.20. The van der Waals surface area contributed by atoms with Gasteiger partial charge < -0.3 is 19.7 Å². The standard InChI is InChI=1S/C25H27FN4O4/c1-15-11-20-21(33-14-15)6-7-22(28-20)30-13-17(34-25(30)32)12-27-10-9-18-19(26)5-3-16-4-8-23(31)29(2)24(16)18/h3,5-7,17,27H,1,4,8-14H2,2H3/t17-/m1/s1. The third-order valence-electron chi connectivity index (χ3n) is 6.47. The van der Waals surface area contributed by atoms with Crippen LogP contribution in [0, 0.1) is 5.82 Å². The van der Waals surface area contributed by atoms with Crippen LogP contribution in [0.4, 0.5) is 20.7 Å². The molecule has 1 fully saturated rings. The number of hydrogen-bond donors (Lipinski definition) is 1. The van der Waals surface area contributed by atoms with Gasteiger partial charge in [0.2, 0.25) is 5.91 Å². The number of rotatable bonds is 6. The monoisotopic (exact) mass is 466 g/mol. The molecule has 9 heteroatoms. The highest BCUT2D eigenvalue weighted by atomic mass is 19.1. The van der Waals surface area contributed by atoms with E-state index in [1.807, 2.05) is 6.07 Å². The van der Waals surface area contributed by atoms with E-state index in [4.69, 9.17) is 9.47 Å². The summed E-state index contributed by atoms with van der Waals surface area (Å²) < 4.78 is 25.7. The zero-order valence-electron chi connectivity index (χ0n) is 19.1. The summed E-state index contributed by atoms with van der Waals surface area (Å²) in [5.74, 6) is 0.919. The smallest absolute Gasteiger partial charge is 0.415 e. The Morgan fingerprint density at radius 3 is 2.94 bits per heavy atom. The van der Waals surface area contributed by atoms with E-state index in [0.29, 0.717) is 74.7 Å². The molecule has 0 aliphatic carbocycles. The lowest BCUT2D eigenvalue weighted by Crippen LogP contribution is -2.34. The molecule has 8 nitrogen and oxygen atoms in total. The molecule has 1 aromatic carbocycles. The van der Waals surface area contributed by atoms with Gasteiger partial charge in [-0.25, -0.2) is 14.2 Å². The number of hydrogen-bond acceptors (Lipinski definition) is 6. The summed E-state index contributed by atoms with van der Waals surface area (Å²) >= 11 is 0. The van der Waals surface area contributed by atoms with Crippen molar-refractivity contribution >= 4 is 23.5 Å². The molecular weight excluding hydrogens is 439 g/mol. The zero-order valence-corrected chi connectivity index (χ0v) is 19.1. The first-order valence-electron chi connectivity index (χ1n) is 11.5. The van der Waals surface area contributed by atoms with Gasteiger partial charge in [0.25, 0.3) is 0 Å². The zero-order chi connectivity index (χ0) is 23.8. The number of aryl methyl sites for hydroxylation is 1. The van der Waals surface area contributed by atoms with Gasteiger partial charge in [0, 0.05) is 32.0 Å². The minimum Gasteiger partial charge on any atom is -0.487 e. The molecule has 0 saturated carbocycles. The Balaban J connectivity index is 1.18. The average molecular weight is 467 g/mol. The Morgan fingerprint density at radius 1 is 1.24 bits per heavy atom. The second-order valence-corrected chi connectivity index (χ2v) is 8.89. The predicted molar refractivity (Wildman–Crippen MR) is 125 cm³/mol. The number of anilines is 2. The molecule has 3 aliphatic rings. The predicted octanol–water partition coefficient (Wildman–Crippen LogP) is 2.78. The van der Waals surface area contributed by atoms with Crippen LogP contribution in [-0.4, -0.2) is 56.4 Å². The number of aromatic nitrogens is 1. The highest BCUT2D eigenvalue weighted by molar-refractivity contribution is 5.96. The van der Waals surface area contributed by atoms with Gasteiger partial charge in [-0.2, -0.15) is 0 Å². The summed E-state index contributed by atoms with van der Waals surface area (Å²) in [7, 11) is 1.69. The Hall–Kier alpha value is -3.46. The minimum absolute atomic E-state index is 0.00284. The van der Waals surface area contributed by atoms with Gasteiger partial charge in [-0.1, -0.05) is 12.6 Å². The van der Waals surface area contributed by atoms with Crippen molar-refractivity contribution in [2.45, 2.75) is 31.8 Å². The van der Waals surface area contributed by atoms with E-state index in [2.05, 4.69) is 16.9 Å². The van der Waals surface area contributed by atoms with Gasteiger partial charge in [-0.05, 0) is 48.7 Å². The van der Waals surface area contributed by atoms with Crippen molar-refractivity contribution in [1.29, 1.82) is 0 Å². The molecule has 1 N–H and O–H groups in total. The van der Waals surface area contributed by atoms with Crippen LogP contribution < -0.4 is 19.9 Å². The largest absolute Gasteiger partial charge is 0.487 e. The molecule has 0 bridgehead atoms. The first-order valence-corrected chi connectivity index (χ1v) is 11.5. The number of nitrogens with zero attached hydrogens (tertiary/aromatic N) is 3. The van der Waals surface area contributed by atoms with Crippen LogP contribution in [0.1, 0.15) is 23.2 Å². The molecule has 1 atom stereocenters. The van der Waals surface area contributed by atoms with Crippen molar-refractivity contribution in [2.75, 3.05) is 43.1 Å². The number of benzene rings is 1. The van der Waals surface area contributed by atoms with Crippen molar-refractivity contribution in [1.82, 2.24) is 10.3 Å². The molecule has 1 aromatic heterocycles. The summed E-state index contributed by atoms with van der Waals surface area (Å²) in [6, 6.07) is 6.80. The summed E-state index contributed by atoms with van der Waals surface area (Å²) in [6.07, 6.45) is 1.32. The molecule has 2 amide bonds. The van der Waals surface area contributed by atoms with Crippen LogP contribution in [0.5, 0.6) is 5.75 Å². The Morgan fingerprint density at radius 2 is 2.09 bits per heavy atom. The van der Waals surface area contributed by atoms with E-state index in [9.17, 15) is 14.0 Å². The number of halogens is 1.